The molecule has 7 nitrogen and oxygen atoms in total. The predicted molar refractivity (Wildman–Crippen MR) is 107 cm³/mol. The summed E-state index contributed by atoms with van der Waals surface area (Å²) in [7, 11) is 0. The van der Waals surface area contributed by atoms with Crippen LogP contribution in [-0.4, -0.2) is 25.0 Å². The van der Waals surface area contributed by atoms with Gasteiger partial charge in [0.05, 0.1) is 19.4 Å². The molecule has 2 N–H and O–H groups in total. The lowest BCUT2D eigenvalue weighted by atomic mass is 10.2. The minimum Gasteiger partial charge on any atom is -0.484 e. The largest absolute Gasteiger partial charge is 0.484 e. The van der Waals surface area contributed by atoms with Gasteiger partial charge in [-0.05, 0) is 55.5 Å². The fraction of sp³-hybridized carbons (Fsp3) is 0.182. The number of aryl methyl sites for hydroxylation is 1. The highest BCUT2D eigenvalue weighted by molar-refractivity contribution is 5.85. The maximum atomic E-state index is 11.8. The third-order valence-electron chi connectivity index (χ3n) is 3.94. The Morgan fingerprint density at radius 3 is 2.17 bits per heavy atom. The van der Waals surface area contributed by atoms with Crippen LogP contribution in [0.2, 0.25) is 0 Å². The van der Waals surface area contributed by atoms with E-state index in [1.165, 1.54) is 6.26 Å². The smallest absolute Gasteiger partial charge is 0.258 e. The van der Waals surface area contributed by atoms with E-state index in [1.807, 2.05) is 31.2 Å². The number of carbonyl (C=O) groups excluding carboxylic acids is 2. The molecule has 150 valence electrons. The highest BCUT2D eigenvalue weighted by Crippen LogP contribution is 2.24. The highest BCUT2D eigenvalue weighted by Gasteiger charge is 2.07. The van der Waals surface area contributed by atoms with Crippen molar-refractivity contribution in [3.63, 3.8) is 0 Å². The van der Waals surface area contributed by atoms with Crippen LogP contribution < -0.4 is 20.1 Å². The number of hydrogen-bond acceptors (Lipinski definition) is 5. The van der Waals surface area contributed by atoms with Crippen molar-refractivity contribution in [1.29, 1.82) is 0 Å². The van der Waals surface area contributed by atoms with Crippen LogP contribution in [0.25, 0.3) is 0 Å². The summed E-state index contributed by atoms with van der Waals surface area (Å²) in [5.41, 5.74) is 1.16. The van der Waals surface area contributed by atoms with Crippen LogP contribution in [0, 0.1) is 6.92 Å². The lowest BCUT2D eigenvalue weighted by Gasteiger charge is -2.09. The van der Waals surface area contributed by atoms with E-state index in [-0.39, 0.29) is 25.6 Å². The highest BCUT2D eigenvalue weighted by atomic mass is 16.5. The second kappa shape index (κ2) is 9.98. The first-order chi connectivity index (χ1) is 14.1. The third kappa shape index (κ3) is 6.73. The van der Waals surface area contributed by atoms with Crippen LogP contribution in [0.5, 0.6) is 17.2 Å². The first-order valence-electron chi connectivity index (χ1n) is 9.11. The summed E-state index contributed by atoms with van der Waals surface area (Å²) in [6.07, 6.45) is 1.53. The molecule has 0 saturated carbocycles. The molecule has 1 aromatic heterocycles. The summed E-state index contributed by atoms with van der Waals surface area (Å²) >= 11 is 0. The van der Waals surface area contributed by atoms with Crippen LogP contribution in [-0.2, 0) is 16.1 Å². The molecule has 29 heavy (non-hydrogen) atoms. The van der Waals surface area contributed by atoms with E-state index in [9.17, 15) is 9.59 Å². The molecule has 0 unspecified atom stereocenters. The Hall–Kier alpha value is -3.74. The van der Waals surface area contributed by atoms with E-state index in [4.69, 9.17) is 13.9 Å². The molecule has 0 bridgehead atoms. The van der Waals surface area contributed by atoms with Gasteiger partial charge in [-0.3, -0.25) is 9.59 Å². The van der Waals surface area contributed by atoms with E-state index < -0.39 is 5.91 Å². The average molecular weight is 394 g/mol. The summed E-state index contributed by atoms with van der Waals surface area (Å²) in [4.78, 5) is 23.5. The quantitative estimate of drug-likeness (QED) is 0.582. The van der Waals surface area contributed by atoms with E-state index in [2.05, 4.69) is 10.6 Å². The minimum atomic E-state index is -0.391. The number of carbonyl (C=O) groups is 2. The van der Waals surface area contributed by atoms with E-state index in [0.717, 1.165) is 11.3 Å². The SMILES string of the molecule is Cc1ccc(Oc2ccc(OCC(=O)NCC(=O)NCc3ccco3)cc2)cc1. The molecule has 3 rings (SSSR count). The fourth-order valence-electron chi connectivity index (χ4n) is 2.39. The maximum absolute atomic E-state index is 11.8. The monoisotopic (exact) mass is 394 g/mol. The zero-order valence-corrected chi connectivity index (χ0v) is 16.0. The number of benzene rings is 2. The molecule has 3 aromatic rings. The van der Waals surface area contributed by atoms with Crippen molar-refractivity contribution in [2.75, 3.05) is 13.2 Å². The summed E-state index contributed by atoms with van der Waals surface area (Å²) < 4.78 is 16.3. The average Bonchev–Trinajstić information content (AvgIpc) is 3.25. The van der Waals surface area contributed by atoms with Gasteiger partial charge >= 0.3 is 0 Å². The van der Waals surface area contributed by atoms with E-state index in [0.29, 0.717) is 17.3 Å². The molecule has 0 atom stereocenters. The van der Waals surface area contributed by atoms with Gasteiger partial charge in [0.25, 0.3) is 5.91 Å². The molecule has 0 radical (unpaired) electrons. The van der Waals surface area contributed by atoms with Crippen molar-refractivity contribution < 1.29 is 23.5 Å². The Labute approximate surface area is 168 Å². The van der Waals surface area contributed by atoms with Crippen LogP contribution in [0.15, 0.2) is 71.3 Å². The zero-order chi connectivity index (χ0) is 20.5. The molecular formula is C22H22N2O5. The lowest BCUT2D eigenvalue weighted by Crippen LogP contribution is -2.38. The van der Waals surface area contributed by atoms with Gasteiger partial charge in [-0.25, -0.2) is 0 Å². The van der Waals surface area contributed by atoms with Crippen LogP contribution in [0.4, 0.5) is 0 Å². The van der Waals surface area contributed by atoms with Gasteiger partial charge in [0, 0.05) is 0 Å². The van der Waals surface area contributed by atoms with E-state index >= 15 is 0 Å². The predicted octanol–water partition coefficient (Wildman–Crippen LogP) is 3.19. The molecule has 1 heterocycles. The fourth-order valence-corrected chi connectivity index (χ4v) is 2.39. The van der Waals surface area contributed by atoms with Gasteiger partial charge < -0.3 is 24.5 Å². The summed E-state index contributed by atoms with van der Waals surface area (Å²) in [5.74, 6) is 1.87. The number of furan rings is 1. The van der Waals surface area contributed by atoms with Gasteiger partial charge in [-0.1, -0.05) is 17.7 Å². The molecule has 7 heteroatoms. The van der Waals surface area contributed by atoms with Gasteiger partial charge in [-0.15, -0.1) is 0 Å². The number of ether oxygens (including phenoxy) is 2. The second-order valence-electron chi connectivity index (χ2n) is 6.31. The number of hydrogen-bond donors (Lipinski definition) is 2. The third-order valence-corrected chi connectivity index (χ3v) is 3.94. The van der Waals surface area contributed by atoms with Crippen LogP contribution in [0.1, 0.15) is 11.3 Å². The number of rotatable bonds is 9. The first-order valence-corrected chi connectivity index (χ1v) is 9.11. The molecular weight excluding hydrogens is 372 g/mol. The molecule has 2 amide bonds. The van der Waals surface area contributed by atoms with Gasteiger partial charge in [0.15, 0.2) is 6.61 Å². The van der Waals surface area contributed by atoms with Crippen LogP contribution in [0.3, 0.4) is 0 Å². The van der Waals surface area contributed by atoms with Crippen molar-refractivity contribution >= 4 is 11.8 Å². The number of amides is 2. The van der Waals surface area contributed by atoms with Gasteiger partial charge in [0.2, 0.25) is 5.91 Å². The normalized spacial score (nSPS) is 10.2. The minimum absolute atomic E-state index is 0.133. The summed E-state index contributed by atoms with van der Waals surface area (Å²) in [6, 6.07) is 18.2. The standard InChI is InChI=1S/C22H22N2O5/c1-16-4-6-18(7-5-16)29-19-10-8-17(9-11-19)28-15-22(26)24-14-21(25)23-13-20-3-2-12-27-20/h2-12H,13-15H2,1H3,(H,23,25)(H,24,26). The summed E-state index contributed by atoms with van der Waals surface area (Å²) in [5, 5.41) is 5.14. The molecule has 2 aromatic carbocycles. The summed E-state index contributed by atoms with van der Waals surface area (Å²) in [6.45, 7) is 1.96. The van der Waals surface area contributed by atoms with Crippen molar-refractivity contribution in [2.24, 2.45) is 0 Å². The maximum Gasteiger partial charge on any atom is 0.258 e. The van der Waals surface area contributed by atoms with Crippen molar-refractivity contribution in [3.05, 3.63) is 78.3 Å². The van der Waals surface area contributed by atoms with Crippen LogP contribution >= 0.6 is 0 Å². The topological polar surface area (TPSA) is 89.8 Å². The lowest BCUT2D eigenvalue weighted by molar-refractivity contribution is -0.127. The Balaban J connectivity index is 1.36. The Morgan fingerprint density at radius 2 is 1.52 bits per heavy atom. The Kier molecular flexibility index (Phi) is 6.89. The van der Waals surface area contributed by atoms with Gasteiger partial charge in [0.1, 0.15) is 23.0 Å². The van der Waals surface area contributed by atoms with Crippen molar-refractivity contribution in [3.8, 4) is 17.2 Å². The second-order valence-corrected chi connectivity index (χ2v) is 6.31. The van der Waals surface area contributed by atoms with E-state index in [1.54, 1.807) is 36.4 Å². The molecule has 0 aliphatic rings. The molecule has 0 aliphatic carbocycles. The molecule has 0 fully saturated rings. The van der Waals surface area contributed by atoms with Crippen molar-refractivity contribution in [1.82, 2.24) is 10.6 Å². The number of nitrogens with one attached hydrogen (secondary N) is 2. The Morgan fingerprint density at radius 1 is 0.862 bits per heavy atom. The Bertz CT molecular complexity index is 919. The first kappa shape index (κ1) is 20.0. The van der Waals surface area contributed by atoms with Crippen molar-refractivity contribution in [2.45, 2.75) is 13.5 Å². The molecule has 0 spiro atoms. The molecule has 0 saturated heterocycles. The van der Waals surface area contributed by atoms with Gasteiger partial charge in [-0.2, -0.15) is 0 Å². The zero-order valence-electron chi connectivity index (χ0n) is 16.0. The molecule has 0 aliphatic heterocycles.